The SMILES string of the molecule is CC1=C(/C=N\N)CC(C)(C(=O)Nc2ccccc2OC(F)(F)F)CC1.Cc1ccncc1. The van der Waals surface area contributed by atoms with Crippen LogP contribution in [0.5, 0.6) is 5.75 Å². The van der Waals surface area contributed by atoms with Gasteiger partial charge in [-0.05, 0) is 68.5 Å². The van der Waals surface area contributed by atoms with E-state index in [0.29, 0.717) is 19.3 Å². The lowest BCUT2D eigenvalue weighted by Crippen LogP contribution is -2.36. The molecule has 0 spiro atoms. The van der Waals surface area contributed by atoms with Crippen LogP contribution in [0.4, 0.5) is 18.9 Å². The minimum atomic E-state index is -4.83. The molecule has 3 N–H and O–H groups in total. The van der Waals surface area contributed by atoms with Crippen molar-refractivity contribution in [2.45, 2.75) is 46.4 Å². The summed E-state index contributed by atoms with van der Waals surface area (Å²) in [6, 6.07) is 9.40. The highest BCUT2D eigenvalue weighted by atomic mass is 19.4. The van der Waals surface area contributed by atoms with E-state index < -0.39 is 17.5 Å². The highest BCUT2D eigenvalue weighted by Crippen LogP contribution is 2.40. The van der Waals surface area contributed by atoms with Gasteiger partial charge in [0.15, 0.2) is 5.75 Å². The Morgan fingerprint density at radius 2 is 1.88 bits per heavy atom. The maximum atomic E-state index is 12.7. The Hall–Kier alpha value is -3.36. The van der Waals surface area contributed by atoms with Gasteiger partial charge in [-0.2, -0.15) is 5.10 Å². The second-order valence-corrected chi connectivity index (χ2v) is 7.84. The van der Waals surface area contributed by atoms with Crippen LogP contribution in [0.3, 0.4) is 0 Å². The molecule has 1 unspecified atom stereocenters. The van der Waals surface area contributed by atoms with Crippen LogP contribution in [-0.4, -0.2) is 23.5 Å². The van der Waals surface area contributed by atoms with Crippen molar-refractivity contribution in [3.63, 3.8) is 0 Å². The van der Waals surface area contributed by atoms with E-state index in [1.807, 2.05) is 26.0 Å². The van der Waals surface area contributed by atoms with Gasteiger partial charge < -0.3 is 15.9 Å². The van der Waals surface area contributed by atoms with Crippen LogP contribution in [0.1, 0.15) is 38.7 Å². The molecule has 0 radical (unpaired) electrons. The van der Waals surface area contributed by atoms with Crippen molar-refractivity contribution in [1.82, 2.24) is 4.98 Å². The van der Waals surface area contributed by atoms with E-state index >= 15 is 0 Å². The van der Waals surface area contributed by atoms with E-state index in [1.165, 1.54) is 30.0 Å². The second kappa shape index (κ2) is 10.8. The molecule has 6 nitrogen and oxygen atoms in total. The molecule has 1 heterocycles. The average Bonchev–Trinajstić information content (AvgIpc) is 2.72. The van der Waals surface area contributed by atoms with Gasteiger partial charge in [0.25, 0.3) is 0 Å². The Morgan fingerprint density at radius 1 is 1.22 bits per heavy atom. The molecule has 1 aromatic carbocycles. The molecule has 172 valence electrons. The van der Waals surface area contributed by atoms with Crippen molar-refractivity contribution >= 4 is 17.8 Å². The number of nitrogens with zero attached hydrogens (tertiary/aromatic N) is 2. The molecule has 0 fully saturated rings. The number of hydrogen-bond donors (Lipinski definition) is 2. The highest BCUT2D eigenvalue weighted by Gasteiger charge is 2.38. The third-order valence-corrected chi connectivity index (χ3v) is 5.17. The first-order chi connectivity index (χ1) is 15.0. The van der Waals surface area contributed by atoms with Crippen LogP contribution in [-0.2, 0) is 4.79 Å². The molecule has 1 aliphatic carbocycles. The van der Waals surface area contributed by atoms with Gasteiger partial charge in [0.05, 0.1) is 11.1 Å². The van der Waals surface area contributed by atoms with Gasteiger partial charge >= 0.3 is 6.36 Å². The number of rotatable bonds is 4. The lowest BCUT2D eigenvalue weighted by atomic mass is 9.72. The zero-order chi connectivity index (χ0) is 23.8. The van der Waals surface area contributed by atoms with Gasteiger partial charge in [-0.15, -0.1) is 13.2 Å². The smallest absolute Gasteiger partial charge is 0.404 e. The molecule has 9 heteroatoms. The number of halogens is 3. The number of carbonyl (C=O) groups excluding carboxylic acids is 1. The van der Waals surface area contributed by atoms with E-state index in [-0.39, 0.29) is 11.6 Å². The van der Waals surface area contributed by atoms with Crippen LogP contribution in [0.25, 0.3) is 0 Å². The number of carbonyl (C=O) groups is 1. The lowest BCUT2D eigenvalue weighted by molar-refractivity contribution is -0.274. The van der Waals surface area contributed by atoms with Crippen molar-refractivity contribution < 1.29 is 22.7 Å². The number of benzene rings is 1. The van der Waals surface area contributed by atoms with Crippen LogP contribution in [0, 0.1) is 12.3 Å². The van der Waals surface area contributed by atoms with Crippen LogP contribution >= 0.6 is 0 Å². The number of hydrazone groups is 1. The third kappa shape index (κ3) is 7.40. The largest absolute Gasteiger partial charge is 0.573 e. The van der Waals surface area contributed by atoms with Crippen LogP contribution < -0.4 is 15.9 Å². The number of aryl methyl sites for hydroxylation is 1. The molecule has 1 atom stereocenters. The van der Waals surface area contributed by atoms with Gasteiger partial charge in [0.2, 0.25) is 5.91 Å². The highest BCUT2D eigenvalue weighted by molar-refractivity contribution is 5.97. The Labute approximate surface area is 185 Å². The minimum Gasteiger partial charge on any atom is -0.404 e. The Bertz CT molecular complexity index is 975. The molecule has 0 saturated carbocycles. The molecule has 1 amide bonds. The maximum absolute atomic E-state index is 12.7. The van der Waals surface area contributed by atoms with E-state index in [0.717, 1.165) is 17.2 Å². The Kier molecular flexibility index (Phi) is 8.40. The molecule has 1 aromatic heterocycles. The van der Waals surface area contributed by atoms with Gasteiger partial charge in [0, 0.05) is 18.6 Å². The van der Waals surface area contributed by atoms with Gasteiger partial charge in [-0.3, -0.25) is 9.78 Å². The molecule has 3 rings (SSSR count). The first-order valence-corrected chi connectivity index (χ1v) is 9.99. The number of pyridine rings is 1. The fraction of sp³-hybridized carbons (Fsp3) is 0.348. The summed E-state index contributed by atoms with van der Waals surface area (Å²) in [7, 11) is 0. The number of hydrogen-bond acceptors (Lipinski definition) is 5. The number of nitrogens with one attached hydrogen (secondary N) is 1. The summed E-state index contributed by atoms with van der Waals surface area (Å²) >= 11 is 0. The van der Waals surface area contributed by atoms with Crippen molar-refractivity contribution in [2.24, 2.45) is 16.4 Å². The number of nitrogens with two attached hydrogens (primary N) is 1. The summed E-state index contributed by atoms with van der Waals surface area (Å²) in [6.45, 7) is 5.76. The number of amides is 1. The summed E-state index contributed by atoms with van der Waals surface area (Å²) in [5.41, 5.74) is 2.43. The number of para-hydroxylation sites is 2. The fourth-order valence-corrected chi connectivity index (χ4v) is 3.21. The number of aromatic nitrogens is 1. The number of anilines is 1. The van der Waals surface area contributed by atoms with E-state index in [1.54, 1.807) is 19.3 Å². The first kappa shape index (κ1) is 24.9. The fourth-order valence-electron chi connectivity index (χ4n) is 3.21. The predicted octanol–water partition coefficient (Wildman–Crippen LogP) is 5.36. The molecular formula is C23H27F3N4O2. The zero-order valence-corrected chi connectivity index (χ0v) is 18.2. The molecular weight excluding hydrogens is 421 g/mol. The van der Waals surface area contributed by atoms with Crippen LogP contribution in [0.2, 0.25) is 0 Å². The first-order valence-electron chi connectivity index (χ1n) is 9.99. The minimum absolute atomic E-state index is 0.0219. The van der Waals surface area contributed by atoms with Crippen molar-refractivity contribution in [3.8, 4) is 5.75 Å². The number of alkyl halides is 3. The summed E-state index contributed by atoms with van der Waals surface area (Å²) < 4.78 is 41.5. The predicted molar refractivity (Wildman–Crippen MR) is 118 cm³/mol. The summed E-state index contributed by atoms with van der Waals surface area (Å²) in [4.78, 5) is 16.6. The average molecular weight is 448 g/mol. The second-order valence-electron chi connectivity index (χ2n) is 7.84. The third-order valence-electron chi connectivity index (χ3n) is 5.17. The molecule has 0 bridgehead atoms. The van der Waals surface area contributed by atoms with Crippen molar-refractivity contribution in [3.05, 3.63) is 65.5 Å². The number of allylic oxidation sites excluding steroid dienone is 2. The summed E-state index contributed by atoms with van der Waals surface area (Å²) in [6.07, 6.45) is 1.93. The topological polar surface area (TPSA) is 89.6 Å². The van der Waals surface area contributed by atoms with E-state index in [9.17, 15) is 18.0 Å². The van der Waals surface area contributed by atoms with Gasteiger partial charge in [-0.1, -0.05) is 24.6 Å². The standard InChI is InChI=1S/C17H20F3N3O2.C6H7N/c1-11-7-8-16(2,9-12(11)10-22-21)15(24)23-13-5-3-4-6-14(13)25-17(18,19)20;1-6-2-4-7-5-3-6/h3-6,10H,7-9,21H2,1-2H3,(H,23,24);2-5H,1H3/b22-10-;. The lowest BCUT2D eigenvalue weighted by Gasteiger charge is -2.33. The van der Waals surface area contributed by atoms with Gasteiger partial charge in [-0.25, -0.2) is 0 Å². The number of ether oxygens (including phenoxy) is 1. The van der Waals surface area contributed by atoms with Crippen LogP contribution in [0.15, 0.2) is 65.0 Å². The van der Waals surface area contributed by atoms with Crippen molar-refractivity contribution in [2.75, 3.05) is 5.32 Å². The zero-order valence-electron chi connectivity index (χ0n) is 18.2. The van der Waals surface area contributed by atoms with Crippen molar-refractivity contribution in [1.29, 1.82) is 0 Å². The Morgan fingerprint density at radius 3 is 2.44 bits per heavy atom. The molecule has 0 saturated heterocycles. The molecule has 32 heavy (non-hydrogen) atoms. The molecule has 1 aliphatic rings. The normalized spacial score (nSPS) is 18.7. The van der Waals surface area contributed by atoms with Gasteiger partial charge in [0.1, 0.15) is 0 Å². The molecule has 2 aromatic rings. The Balaban J connectivity index is 0.000000439. The summed E-state index contributed by atoms with van der Waals surface area (Å²) in [5, 5.41) is 6.07. The summed E-state index contributed by atoms with van der Waals surface area (Å²) in [5.74, 6) is 4.38. The van der Waals surface area contributed by atoms with E-state index in [2.05, 4.69) is 20.1 Å². The maximum Gasteiger partial charge on any atom is 0.573 e. The van der Waals surface area contributed by atoms with E-state index in [4.69, 9.17) is 5.84 Å². The monoisotopic (exact) mass is 448 g/mol. The quantitative estimate of drug-likeness (QED) is 0.374. The molecule has 0 aliphatic heterocycles.